The van der Waals surface area contributed by atoms with Crippen molar-refractivity contribution in [1.82, 2.24) is 0 Å². The van der Waals surface area contributed by atoms with Gasteiger partial charge in [0.25, 0.3) is 0 Å². The molecule has 0 amide bonds. The Balaban J connectivity index is 1.94. The average Bonchev–Trinajstić information content (AvgIpc) is 2.58. The van der Waals surface area contributed by atoms with Crippen molar-refractivity contribution in [3.8, 4) is 0 Å². The Morgan fingerprint density at radius 3 is 1.09 bits per heavy atom. The van der Waals surface area contributed by atoms with E-state index in [9.17, 15) is 4.79 Å². The molecule has 0 saturated heterocycles. The minimum Gasteiger partial charge on any atom is -0.306 e. The van der Waals surface area contributed by atoms with E-state index in [1.807, 2.05) is 6.92 Å². The van der Waals surface area contributed by atoms with Gasteiger partial charge in [-0.15, -0.1) is 0 Å². The fourth-order valence-corrected chi connectivity index (χ4v) is 14.4. The first-order chi connectivity index (χ1) is 10.8. The monoisotopic (exact) mass is 320 g/mol. The molecule has 0 aromatic carbocycles. The third kappa shape index (κ3) is 3.09. The van der Waals surface area contributed by atoms with Gasteiger partial charge in [-0.25, -0.2) is 0 Å². The predicted octanol–water partition coefficient (Wildman–Crippen LogP) is 6.57. The second-order valence-electron chi connectivity index (χ2n) is 8.49. The van der Waals surface area contributed by atoms with Crippen molar-refractivity contribution >= 4 is 13.5 Å². The summed E-state index contributed by atoms with van der Waals surface area (Å²) in [6.07, 6.45) is 21.1. The Morgan fingerprint density at radius 1 is 0.591 bits per heavy atom. The van der Waals surface area contributed by atoms with Crippen LogP contribution in [0, 0.1) is 0 Å². The van der Waals surface area contributed by atoms with Crippen LogP contribution in [0.15, 0.2) is 0 Å². The van der Waals surface area contributed by atoms with Crippen LogP contribution in [0.2, 0.25) is 16.6 Å². The van der Waals surface area contributed by atoms with Crippen LogP contribution in [0.25, 0.3) is 0 Å². The fraction of sp³-hybridized carbons (Fsp3) is 0.950. The smallest absolute Gasteiger partial charge is 0.141 e. The van der Waals surface area contributed by atoms with Gasteiger partial charge in [0, 0.05) is 0 Å². The lowest BCUT2D eigenvalue weighted by Gasteiger charge is -2.51. The first-order valence-electron chi connectivity index (χ1n) is 10.3. The van der Waals surface area contributed by atoms with E-state index in [4.69, 9.17) is 0 Å². The average molecular weight is 321 g/mol. The van der Waals surface area contributed by atoms with Gasteiger partial charge in [-0.2, -0.15) is 0 Å². The summed E-state index contributed by atoms with van der Waals surface area (Å²) in [5.41, 5.74) is 2.56. The van der Waals surface area contributed by atoms with E-state index in [1.165, 1.54) is 96.3 Å². The maximum Gasteiger partial charge on any atom is 0.141 e. The second-order valence-corrected chi connectivity index (χ2v) is 13.5. The molecule has 3 aliphatic carbocycles. The van der Waals surface area contributed by atoms with Gasteiger partial charge in [0.2, 0.25) is 0 Å². The van der Waals surface area contributed by atoms with Gasteiger partial charge < -0.3 is 4.79 Å². The second kappa shape index (κ2) is 7.64. The topological polar surface area (TPSA) is 17.1 Å². The molecule has 3 fully saturated rings. The molecule has 0 aliphatic heterocycles. The minimum absolute atomic E-state index is 0.721. The van der Waals surface area contributed by atoms with Crippen molar-refractivity contribution in [3.05, 3.63) is 0 Å². The van der Waals surface area contributed by atoms with Gasteiger partial charge in [-0.1, -0.05) is 96.3 Å². The van der Waals surface area contributed by atoms with Crippen LogP contribution in [0.5, 0.6) is 0 Å². The number of carbonyl (C=O) groups is 1. The molecule has 0 aromatic rings. The molecule has 1 nitrogen and oxygen atoms in total. The summed E-state index contributed by atoms with van der Waals surface area (Å²) in [5.74, 6) is 0. The highest BCUT2D eigenvalue weighted by Crippen LogP contribution is 2.56. The third-order valence-electron chi connectivity index (χ3n) is 7.45. The molecule has 0 atom stereocenters. The molecule has 3 rings (SSSR count). The van der Waals surface area contributed by atoms with Crippen LogP contribution >= 0.6 is 0 Å². The molecule has 126 valence electrons. The Morgan fingerprint density at radius 2 is 0.864 bits per heavy atom. The number of hydrogen-bond acceptors (Lipinski definition) is 1. The van der Waals surface area contributed by atoms with Crippen LogP contribution in [-0.4, -0.2) is 13.5 Å². The minimum atomic E-state index is -1.81. The van der Waals surface area contributed by atoms with E-state index < -0.39 is 8.07 Å². The first kappa shape index (κ1) is 16.7. The van der Waals surface area contributed by atoms with Crippen molar-refractivity contribution in [2.24, 2.45) is 0 Å². The van der Waals surface area contributed by atoms with E-state index in [-0.39, 0.29) is 0 Å². The number of hydrogen-bond donors (Lipinski definition) is 0. The van der Waals surface area contributed by atoms with Gasteiger partial charge >= 0.3 is 0 Å². The zero-order chi connectivity index (χ0) is 15.4. The Kier molecular flexibility index (Phi) is 5.81. The summed E-state index contributed by atoms with van der Waals surface area (Å²) < 4.78 is 0. The van der Waals surface area contributed by atoms with E-state index in [0.29, 0.717) is 0 Å². The Hall–Kier alpha value is -0.113. The van der Waals surface area contributed by atoms with Crippen LogP contribution < -0.4 is 0 Å². The van der Waals surface area contributed by atoms with Crippen LogP contribution in [0.1, 0.15) is 103 Å². The normalized spacial score (nSPS) is 27.0. The number of carbonyl (C=O) groups excluding carboxylic acids is 1. The maximum atomic E-state index is 13.2. The first-order valence-corrected chi connectivity index (χ1v) is 12.5. The lowest BCUT2D eigenvalue weighted by Crippen LogP contribution is -2.56. The van der Waals surface area contributed by atoms with Crippen LogP contribution in [-0.2, 0) is 4.79 Å². The van der Waals surface area contributed by atoms with Crippen molar-refractivity contribution in [1.29, 1.82) is 0 Å². The summed E-state index contributed by atoms with van der Waals surface area (Å²) >= 11 is 0. The highest BCUT2D eigenvalue weighted by atomic mass is 28.3. The zero-order valence-electron chi connectivity index (χ0n) is 14.7. The van der Waals surface area contributed by atoms with E-state index in [0.717, 1.165) is 22.0 Å². The molecular formula is C20H36OSi. The SMILES string of the molecule is CC(=O)[Si](C1CCCCC1)(C1CCCCC1)C1CCCCC1. The lowest BCUT2D eigenvalue weighted by atomic mass is 9.98. The highest BCUT2D eigenvalue weighted by molar-refractivity contribution is 7.08. The molecule has 0 bridgehead atoms. The van der Waals surface area contributed by atoms with E-state index >= 15 is 0 Å². The molecule has 0 radical (unpaired) electrons. The summed E-state index contributed by atoms with van der Waals surface area (Å²) in [4.78, 5) is 13.2. The van der Waals surface area contributed by atoms with Gasteiger partial charge in [0.1, 0.15) is 13.5 Å². The third-order valence-corrected chi connectivity index (χ3v) is 14.5. The summed E-state index contributed by atoms with van der Waals surface area (Å²) in [7, 11) is -1.81. The van der Waals surface area contributed by atoms with Crippen LogP contribution in [0.4, 0.5) is 0 Å². The van der Waals surface area contributed by atoms with Gasteiger partial charge in [0.15, 0.2) is 0 Å². The Labute approximate surface area is 138 Å². The molecular weight excluding hydrogens is 284 g/mol. The fourth-order valence-electron chi connectivity index (χ4n) is 6.60. The summed E-state index contributed by atoms with van der Waals surface area (Å²) in [5, 5.41) is 0.721. The molecule has 0 unspecified atom stereocenters. The molecule has 0 aromatic heterocycles. The quantitative estimate of drug-likeness (QED) is 0.536. The van der Waals surface area contributed by atoms with Gasteiger partial charge in [-0.3, -0.25) is 0 Å². The number of rotatable bonds is 4. The van der Waals surface area contributed by atoms with Gasteiger partial charge in [-0.05, 0) is 23.5 Å². The lowest BCUT2D eigenvalue weighted by molar-refractivity contribution is -0.111. The maximum absolute atomic E-state index is 13.2. The van der Waals surface area contributed by atoms with Crippen molar-refractivity contribution in [3.63, 3.8) is 0 Å². The molecule has 2 heteroatoms. The summed E-state index contributed by atoms with van der Waals surface area (Å²) in [6, 6.07) is 0. The highest BCUT2D eigenvalue weighted by Gasteiger charge is 2.56. The summed E-state index contributed by atoms with van der Waals surface area (Å²) in [6.45, 7) is 2.03. The van der Waals surface area contributed by atoms with Crippen LogP contribution in [0.3, 0.4) is 0 Å². The van der Waals surface area contributed by atoms with Crippen molar-refractivity contribution in [2.45, 2.75) is 120 Å². The standard InChI is InChI=1S/C20H36OSi/c1-17(21)22(18-11-5-2-6-12-18,19-13-7-3-8-14-19)20-15-9-4-10-16-20/h18-20H,2-16H2,1H3. The van der Waals surface area contributed by atoms with E-state index in [2.05, 4.69) is 0 Å². The van der Waals surface area contributed by atoms with Crippen molar-refractivity contribution in [2.75, 3.05) is 0 Å². The molecule has 22 heavy (non-hydrogen) atoms. The molecule has 0 spiro atoms. The Bertz CT molecular complexity index is 314. The zero-order valence-corrected chi connectivity index (χ0v) is 15.7. The van der Waals surface area contributed by atoms with E-state index in [1.54, 1.807) is 0 Å². The molecule has 0 heterocycles. The molecule has 0 N–H and O–H groups in total. The molecule has 3 aliphatic rings. The van der Waals surface area contributed by atoms with Crippen molar-refractivity contribution < 1.29 is 4.79 Å². The van der Waals surface area contributed by atoms with Gasteiger partial charge in [0.05, 0.1) is 0 Å². The predicted molar refractivity (Wildman–Crippen MR) is 96.9 cm³/mol. The molecule has 3 saturated carbocycles. The largest absolute Gasteiger partial charge is 0.306 e.